The average molecular weight is 295 g/mol. The van der Waals surface area contributed by atoms with Crippen molar-refractivity contribution in [2.45, 2.75) is 39.2 Å². The van der Waals surface area contributed by atoms with Crippen molar-refractivity contribution in [2.75, 3.05) is 32.7 Å². The van der Waals surface area contributed by atoms with Crippen LogP contribution >= 0.6 is 11.3 Å². The molecule has 0 spiro atoms. The molecule has 0 aromatic carbocycles. The second-order valence-corrected chi connectivity index (χ2v) is 8.11. The second-order valence-electron chi connectivity index (χ2n) is 7.13. The smallest absolute Gasteiger partial charge is 0.0201 e. The maximum absolute atomic E-state index is 5.75. The fourth-order valence-corrected chi connectivity index (χ4v) is 3.72. The Kier molecular flexibility index (Phi) is 5.61. The van der Waals surface area contributed by atoms with Crippen molar-refractivity contribution in [2.24, 2.45) is 11.1 Å². The number of nitrogens with zero attached hydrogens (tertiary/aromatic N) is 1. The highest BCUT2D eigenvalue weighted by molar-refractivity contribution is 7.10. The van der Waals surface area contributed by atoms with Crippen molar-refractivity contribution >= 4 is 11.3 Å². The van der Waals surface area contributed by atoms with Gasteiger partial charge in [-0.3, -0.25) is 4.90 Å². The van der Waals surface area contributed by atoms with Crippen LogP contribution < -0.4 is 11.1 Å². The topological polar surface area (TPSA) is 41.3 Å². The molecule has 0 radical (unpaired) electrons. The standard InChI is InChI=1S/C16H29N3S/c1-16(2,3)12-18-14-9-13(15-5-4-8-20-15)10-19(11-14)7-6-17/h4-5,8,13-14,18H,6-7,9-12,17H2,1-3H3. The number of hydrogen-bond donors (Lipinski definition) is 2. The van der Waals surface area contributed by atoms with E-state index in [1.54, 1.807) is 0 Å². The zero-order valence-corrected chi connectivity index (χ0v) is 13.9. The molecule has 114 valence electrons. The molecular formula is C16H29N3S. The first-order chi connectivity index (χ1) is 9.48. The molecule has 1 aromatic rings. The summed E-state index contributed by atoms with van der Waals surface area (Å²) >= 11 is 1.89. The minimum absolute atomic E-state index is 0.342. The number of rotatable bonds is 5. The molecule has 1 saturated heterocycles. The molecule has 4 heteroatoms. The number of thiophene rings is 1. The van der Waals surface area contributed by atoms with E-state index in [0.29, 0.717) is 17.4 Å². The van der Waals surface area contributed by atoms with E-state index in [0.717, 1.165) is 32.7 Å². The van der Waals surface area contributed by atoms with Crippen LogP contribution in [0.1, 0.15) is 38.0 Å². The fourth-order valence-electron chi connectivity index (χ4n) is 2.88. The summed E-state index contributed by atoms with van der Waals surface area (Å²) < 4.78 is 0. The minimum Gasteiger partial charge on any atom is -0.329 e. The van der Waals surface area contributed by atoms with Crippen LogP contribution in [-0.4, -0.2) is 43.7 Å². The van der Waals surface area contributed by atoms with Crippen molar-refractivity contribution in [1.29, 1.82) is 0 Å². The lowest BCUT2D eigenvalue weighted by Crippen LogP contribution is -2.51. The zero-order valence-electron chi connectivity index (χ0n) is 13.1. The predicted molar refractivity (Wildman–Crippen MR) is 88.4 cm³/mol. The van der Waals surface area contributed by atoms with Gasteiger partial charge in [-0.25, -0.2) is 0 Å². The van der Waals surface area contributed by atoms with Crippen LogP contribution in [0, 0.1) is 5.41 Å². The molecule has 3 nitrogen and oxygen atoms in total. The molecule has 1 fully saturated rings. The highest BCUT2D eigenvalue weighted by atomic mass is 32.1. The van der Waals surface area contributed by atoms with Crippen molar-refractivity contribution < 1.29 is 0 Å². The SMILES string of the molecule is CC(C)(C)CNC1CC(c2cccs2)CN(CCN)C1. The van der Waals surface area contributed by atoms with Crippen LogP contribution in [-0.2, 0) is 0 Å². The van der Waals surface area contributed by atoms with Gasteiger partial charge in [0.05, 0.1) is 0 Å². The molecule has 0 aliphatic carbocycles. The van der Waals surface area contributed by atoms with Crippen molar-refractivity contribution in [1.82, 2.24) is 10.2 Å². The Labute approximate surface area is 127 Å². The quantitative estimate of drug-likeness (QED) is 0.877. The van der Waals surface area contributed by atoms with Crippen LogP contribution in [0.15, 0.2) is 17.5 Å². The van der Waals surface area contributed by atoms with E-state index in [2.05, 4.69) is 48.5 Å². The van der Waals surface area contributed by atoms with Gasteiger partial charge in [0.1, 0.15) is 0 Å². The van der Waals surface area contributed by atoms with Crippen LogP contribution in [0.5, 0.6) is 0 Å². The summed E-state index contributed by atoms with van der Waals surface area (Å²) in [4.78, 5) is 4.04. The van der Waals surface area contributed by atoms with Crippen LogP contribution in [0.2, 0.25) is 0 Å². The van der Waals surface area contributed by atoms with E-state index in [1.165, 1.54) is 11.3 Å². The summed E-state index contributed by atoms with van der Waals surface area (Å²) in [6.45, 7) is 12.0. The third-order valence-corrected chi connectivity index (χ3v) is 4.87. The fraction of sp³-hybridized carbons (Fsp3) is 0.750. The van der Waals surface area contributed by atoms with Crippen molar-refractivity contribution in [3.8, 4) is 0 Å². The van der Waals surface area contributed by atoms with E-state index >= 15 is 0 Å². The van der Waals surface area contributed by atoms with Crippen LogP contribution in [0.3, 0.4) is 0 Å². The van der Waals surface area contributed by atoms with E-state index in [-0.39, 0.29) is 0 Å². The summed E-state index contributed by atoms with van der Waals surface area (Å²) in [6.07, 6.45) is 1.25. The number of hydrogen-bond acceptors (Lipinski definition) is 4. The molecule has 2 rings (SSSR count). The average Bonchev–Trinajstić information content (AvgIpc) is 2.89. The summed E-state index contributed by atoms with van der Waals surface area (Å²) in [5.74, 6) is 0.660. The number of likely N-dealkylation sites (tertiary alicyclic amines) is 1. The maximum atomic E-state index is 5.75. The lowest BCUT2D eigenvalue weighted by molar-refractivity contribution is 0.169. The summed E-state index contributed by atoms with van der Waals surface area (Å²) in [6, 6.07) is 5.03. The second kappa shape index (κ2) is 7.03. The molecule has 1 aliphatic rings. The molecule has 3 N–H and O–H groups in total. The highest BCUT2D eigenvalue weighted by Crippen LogP contribution is 2.30. The molecule has 0 amide bonds. The number of nitrogens with two attached hydrogens (primary N) is 1. The van der Waals surface area contributed by atoms with Crippen LogP contribution in [0.4, 0.5) is 0 Å². The summed E-state index contributed by atoms with van der Waals surface area (Å²) in [5.41, 5.74) is 6.09. The third-order valence-electron chi connectivity index (χ3n) is 3.84. The Morgan fingerprint density at radius 3 is 2.80 bits per heavy atom. The molecular weight excluding hydrogens is 266 g/mol. The Morgan fingerprint density at radius 1 is 1.40 bits per heavy atom. The normalized spacial score (nSPS) is 25.0. The van der Waals surface area contributed by atoms with Gasteiger partial charge in [0.2, 0.25) is 0 Å². The monoisotopic (exact) mass is 295 g/mol. The van der Waals surface area contributed by atoms with Gasteiger partial charge in [-0.15, -0.1) is 11.3 Å². The zero-order chi connectivity index (χ0) is 14.6. The minimum atomic E-state index is 0.342. The molecule has 2 unspecified atom stereocenters. The number of piperidine rings is 1. The van der Waals surface area contributed by atoms with E-state index < -0.39 is 0 Å². The van der Waals surface area contributed by atoms with Gasteiger partial charge in [-0.1, -0.05) is 26.8 Å². The Morgan fingerprint density at radius 2 is 2.20 bits per heavy atom. The van der Waals surface area contributed by atoms with Gasteiger partial charge in [0, 0.05) is 49.6 Å². The highest BCUT2D eigenvalue weighted by Gasteiger charge is 2.28. The molecule has 20 heavy (non-hydrogen) atoms. The first kappa shape index (κ1) is 16.0. The first-order valence-electron chi connectivity index (χ1n) is 7.67. The lowest BCUT2D eigenvalue weighted by atomic mass is 9.91. The van der Waals surface area contributed by atoms with Crippen LogP contribution in [0.25, 0.3) is 0 Å². The number of nitrogens with one attached hydrogen (secondary N) is 1. The third kappa shape index (κ3) is 4.85. The van der Waals surface area contributed by atoms with Crippen molar-refractivity contribution in [3.63, 3.8) is 0 Å². The Hall–Kier alpha value is -0.420. The van der Waals surface area contributed by atoms with Gasteiger partial charge in [-0.2, -0.15) is 0 Å². The molecule has 1 aromatic heterocycles. The van der Waals surface area contributed by atoms with E-state index in [1.807, 2.05) is 11.3 Å². The van der Waals surface area contributed by atoms with E-state index in [4.69, 9.17) is 5.73 Å². The molecule has 2 atom stereocenters. The molecule has 1 aliphatic heterocycles. The van der Waals surface area contributed by atoms with Gasteiger partial charge in [0.25, 0.3) is 0 Å². The van der Waals surface area contributed by atoms with Gasteiger partial charge < -0.3 is 11.1 Å². The first-order valence-corrected chi connectivity index (χ1v) is 8.55. The molecule has 2 heterocycles. The van der Waals surface area contributed by atoms with Crippen molar-refractivity contribution in [3.05, 3.63) is 22.4 Å². The van der Waals surface area contributed by atoms with E-state index in [9.17, 15) is 0 Å². The van der Waals surface area contributed by atoms with Gasteiger partial charge >= 0.3 is 0 Å². The lowest BCUT2D eigenvalue weighted by Gasteiger charge is -2.38. The van der Waals surface area contributed by atoms with Gasteiger partial charge in [0.15, 0.2) is 0 Å². The Bertz CT molecular complexity index is 383. The largest absolute Gasteiger partial charge is 0.329 e. The molecule has 0 bridgehead atoms. The van der Waals surface area contributed by atoms with Gasteiger partial charge in [-0.05, 0) is 23.3 Å². The Balaban J connectivity index is 1.97. The molecule has 0 saturated carbocycles. The maximum Gasteiger partial charge on any atom is 0.0201 e. The summed E-state index contributed by atoms with van der Waals surface area (Å²) in [7, 11) is 0. The predicted octanol–water partition coefficient (Wildman–Crippen LogP) is 2.50. The summed E-state index contributed by atoms with van der Waals surface area (Å²) in [5, 5.41) is 5.95.